The predicted molar refractivity (Wildman–Crippen MR) is 87.4 cm³/mol. The van der Waals surface area contributed by atoms with Crippen LogP contribution in [0.25, 0.3) is 0 Å². The van der Waals surface area contributed by atoms with Crippen LogP contribution in [0.1, 0.15) is 39.7 Å². The smallest absolute Gasteiger partial charge is 0.0245 e. The summed E-state index contributed by atoms with van der Waals surface area (Å²) in [6.07, 6.45) is 1.16. The Morgan fingerprint density at radius 2 is 1.89 bits per heavy atom. The zero-order valence-corrected chi connectivity index (χ0v) is 14.4. The van der Waals surface area contributed by atoms with Gasteiger partial charge in [-0.3, -0.25) is 4.90 Å². The number of likely N-dealkylation sites (N-methyl/N-ethyl adjacent to an activating group) is 1. The summed E-state index contributed by atoms with van der Waals surface area (Å²) in [6.45, 7) is 10.9. The number of halogens is 1. The van der Waals surface area contributed by atoms with Gasteiger partial charge < -0.3 is 5.32 Å². The van der Waals surface area contributed by atoms with Crippen molar-refractivity contribution in [3.05, 3.63) is 34.3 Å². The zero-order chi connectivity index (χ0) is 14.5. The minimum absolute atomic E-state index is 0.182. The van der Waals surface area contributed by atoms with Crippen LogP contribution in [-0.2, 0) is 6.54 Å². The van der Waals surface area contributed by atoms with Crippen molar-refractivity contribution < 1.29 is 0 Å². The van der Waals surface area contributed by atoms with E-state index >= 15 is 0 Å². The minimum Gasteiger partial charge on any atom is -0.311 e. The Morgan fingerprint density at radius 3 is 2.42 bits per heavy atom. The van der Waals surface area contributed by atoms with Crippen LogP contribution >= 0.6 is 15.9 Å². The topological polar surface area (TPSA) is 15.3 Å². The van der Waals surface area contributed by atoms with Crippen LogP contribution in [0.15, 0.2) is 28.7 Å². The molecule has 3 heteroatoms. The van der Waals surface area contributed by atoms with Crippen molar-refractivity contribution in [3.63, 3.8) is 0 Å². The van der Waals surface area contributed by atoms with Crippen LogP contribution in [0.2, 0.25) is 0 Å². The number of hydrogen-bond acceptors (Lipinski definition) is 2. The number of nitrogens with zero attached hydrogens (tertiary/aromatic N) is 1. The molecular formula is C16H27BrN2. The van der Waals surface area contributed by atoms with Crippen LogP contribution in [-0.4, -0.2) is 30.1 Å². The molecule has 19 heavy (non-hydrogen) atoms. The largest absolute Gasteiger partial charge is 0.311 e. The van der Waals surface area contributed by atoms with Crippen LogP contribution < -0.4 is 5.32 Å². The van der Waals surface area contributed by atoms with Crippen molar-refractivity contribution in [1.29, 1.82) is 0 Å². The fourth-order valence-corrected chi connectivity index (χ4v) is 2.47. The SMILES string of the molecule is CCC(CNC(C)(C)C)N(C)Cc1ccccc1Br. The van der Waals surface area contributed by atoms with E-state index in [1.165, 1.54) is 10.0 Å². The molecule has 1 aromatic carbocycles. The van der Waals surface area contributed by atoms with Crippen molar-refractivity contribution in [2.24, 2.45) is 0 Å². The van der Waals surface area contributed by atoms with E-state index < -0.39 is 0 Å². The Labute approximate surface area is 126 Å². The lowest BCUT2D eigenvalue weighted by Crippen LogP contribution is -2.46. The van der Waals surface area contributed by atoms with E-state index in [0.717, 1.165) is 19.5 Å². The van der Waals surface area contributed by atoms with Gasteiger partial charge >= 0.3 is 0 Å². The van der Waals surface area contributed by atoms with Gasteiger partial charge in [-0.1, -0.05) is 41.1 Å². The molecule has 1 N–H and O–H groups in total. The first kappa shape index (κ1) is 16.7. The molecular weight excluding hydrogens is 300 g/mol. The second kappa shape index (κ2) is 7.41. The first-order chi connectivity index (χ1) is 8.83. The highest BCUT2D eigenvalue weighted by atomic mass is 79.9. The number of hydrogen-bond donors (Lipinski definition) is 1. The van der Waals surface area contributed by atoms with Gasteiger partial charge in [0.15, 0.2) is 0 Å². The maximum atomic E-state index is 3.62. The van der Waals surface area contributed by atoms with Crippen LogP contribution in [0.3, 0.4) is 0 Å². The third-order valence-electron chi connectivity index (χ3n) is 3.34. The summed E-state index contributed by atoms with van der Waals surface area (Å²) in [6, 6.07) is 9.02. The van der Waals surface area contributed by atoms with Crippen LogP contribution in [0.4, 0.5) is 0 Å². The molecule has 1 unspecified atom stereocenters. The molecule has 1 aromatic rings. The average molecular weight is 327 g/mol. The lowest BCUT2D eigenvalue weighted by molar-refractivity contribution is 0.208. The molecule has 0 aromatic heterocycles. The zero-order valence-electron chi connectivity index (χ0n) is 12.8. The van der Waals surface area contributed by atoms with Crippen molar-refractivity contribution in [3.8, 4) is 0 Å². The molecule has 0 aliphatic rings. The summed E-state index contributed by atoms with van der Waals surface area (Å²) < 4.78 is 1.19. The number of nitrogens with one attached hydrogen (secondary N) is 1. The Morgan fingerprint density at radius 1 is 1.26 bits per heavy atom. The Bertz CT molecular complexity index is 385. The van der Waals surface area contributed by atoms with E-state index in [0.29, 0.717) is 6.04 Å². The molecule has 0 radical (unpaired) electrons. The maximum absolute atomic E-state index is 3.62. The van der Waals surface area contributed by atoms with Gasteiger partial charge in [-0.15, -0.1) is 0 Å². The molecule has 1 atom stereocenters. The van der Waals surface area contributed by atoms with Gasteiger partial charge in [0.05, 0.1) is 0 Å². The van der Waals surface area contributed by atoms with E-state index in [-0.39, 0.29) is 5.54 Å². The molecule has 0 saturated heterocycles. The van der Waals surface area contributed by atoms with Crippen LogP contribution in [0, 0.1) is 0 Å². The number of rotatable bonds is 6. The monoisotopic (exact) mass is 326 g/mol. The Kier molecular flexibility index (Phi) is 6.51. The molecule has 1 rings (SSSR count). The van der Waals surface area contributed by atoms with Crippen molar-refractivity contribution in [2.45, 2.75) is 52.2 Å². The van der Waals surface area contributed by atoms with Gasteiger partial charge in [0.1, 0.15) is 0 Å². The van der Waals surface area contributed by atoms with Gasteiger partial charge in [0, 0.05) is 29.1 Å². The standard InChI is InChI=1S/C16H27BrN2/c1-6-14(11-18-16(2,3)4)19(5)12-13-9-7-8-10-15(13)17/h7-10,14,18H,6,11-12H2,1-5H3. The second-order valence-electron chi connectivity index (χ2n) is 6.20. The summed E-state index contributed by atoms with van der Waals surface area (Å²) in [5, 5.41) is 3.60. The number of benzene rings is 1. The molecule has 0 amide bonds. The van der Waals surface area contributed by atoms with Crippen molar-refractivity contribution in [2.75, 3.05) is 13.6 Å². The molecule has 0 aliphatic heterocycles. The lowest BCUT2D eigenvalue weighted by Gasteiger charge is -2.31. The van der Waals surface area contributed by atoms with E-state index in [4.69, 9.17) is 0 Å². The first-order valence-corrected chi connectivity index (χ1v) is 7.81. The highest BCUT2D eigenvalue weighted by molar-refractivity contribution is 9.10. The van der Waals surface area contributed by atoms with Crippen LogP contribution in [0.5, 0.6) is 0 Å². The summed E-state index contributed by atoms with van der Waals surface area (Å²) in [5.74, 6) is 0. The van der Waals surface area contributed by atoms with Gasteiger partial charge in [0.25, 0.3) is 0 Å². The fourth-order valence-electron chi connectivity index (χ4n) is 2.06. The quantitative estimate of drug-likeness (QED) is 0.848. The molecule has 0 spiro atoms. The normalized spacial score (nSPS) is 13.8. The second-order valence-corrected chi connectivity index (χ2v) is 7.05. The highest BCUT2D eigenvalue weighted by Gasteiger charge is 2.17. The molecule has 2 nitrogen and oxygen atoms in total. The average Bonchev–Trinajstić information content (AvgIpc) is 2.31. The molecule has 0 aliphatic carbocycles. The molecule has 0 saturated carbocycles. The Balaban J connectivity index is 2.59. The predicted octanol–water partition coefficient (Wildman–Crippen LogP) is 4.05. The van der Waals surface area contributed by atoms with Crippen molar-refractivity contribution >= 4 is 15.9 Å². The van der Waals surface area contributed by atoms with Gasteiger partial charge in [-0.25, -0.2) is 0 Å². The Hall–Kier alpha value is -0.380. The third-order valence-corrected chi connectivity index (χ3v) is 4.11. The fraction of sp³-hybridized carbons (Fsp3) is 0.625. The van der Waals surface area contributed by atoms with Gasteiger partial charge in [-0.05, 0) is 45.9 Å². The van der Waals surface area contributed by atoms with E-state index in [9.17, 15) is 0 Å². The lowest BCUT2D eigenvalue weighted by atomic mass is 10.1. The van der Waals surface area contributed by atoms with Crippen molar-refractivity contribution in [1.82, 2.24) is 10.2 Å². The van der Waals surface area contributed by atoms with Gasteiger partial charge in [-0.2, -0.15) is 0 Å². The summed E-state index contributed by atoms with van der Waals surface area (Å²) in [4.78, 5) is 2.43. The molecule has 0 heterocycles. The van der Waals surface area contributed by atoms with E-state index in [2.05, 4.69) is 85.2 Å². The highest BCUT2D eigenvalue weighted by Crippen LogP contribution is 2.18. The maximum Gasteiger partial charge on any atom is 0.0245 e. The summed E-state index contributed by atoms with van der Waals surface area (Å²) in [5.41, 5.74) is 1.53. The van der Waals surface area contributed by atoms with E-state index in [1.807, 2.05) is 0 Å². The van der Waals surface area contributed by atoms with Gasteiger partial charge in [0.2, 0.25) is 0 Å². The summed E-state index contributed by atoms with van der Waals surface area (Å²) >= 11 is 3.62. The molecule has 0 fully saturated rings. The molecule has 108 valence electrons. The first-order valence-electron chi connectivity index (χ1n) is 7.02. The third kappa shape index (κ3) is 6.07. The van der Waals surface area contributed by atoms with E-state index in [1.54, 1.807) is 0 Å². The molecule has 0 bridgehead atoms. The summed E-state index contributed by atoms with van der Waals surface area (Å²) in [7, 11) is 2.21. The minimum atomic E-state index is 0.182.